The summed E-state index contributed by atoms with van der Waals surface area (Å²) in [4.78, 5) is 11.1. The first kappa shape index (κ1) is 15.3. The summed E-state index contributed by atoms with van der Waals surface area (Å²) in [6, 6.07) is 0. The summed E-state index contributed by atoms with van der Waals surface area (Å²) in [5.41, 5.74) is 0.465. The van der Waals surface area contributed by atoms with E-state index in [0.29, 0.717) is 35.3 Å². The monoisotopic (exact) mass is 248 g/mol. The SMILES string of the molecule is C=C(CCCC(OC)(OC)OC)C(=O)O[SiH3]. The molecule has 0 bridgehead atoms. The van der Waals surface area contributed by atoms with Crippen LogP contribution in [0.2, 0.25) is 0 Å². The fourth-order valence-electron chi connectivity index (χ4n) is 1.32. The van der Waals surface area contributed by atoms with Gasteiger partial charge in [0.05, 0.1) is 0 Å². The zero-order valence-electron chi connectivity index (χ0n) is 10.4. The van der Waals surface area contributed by atoms with Crippen molar-refractivity contribution in [3.8, 4) is 0 Å². The average molecular weight is 248 g/mol. The molecule has 0 spiro atoms. The van der Waals surface area contributed by atoms with E-state index in [-0.39, 0.29) is 5.97 Å². The number of rotatable bonds is 8. The van der Waals surface area contributed by atoms with Crippen LogP contribution in [0.1, 0.15) is 19.3 Å². The zero-order chi connectivity index (χ0) is 12.6. The lowest BCUT2D eigenvalue weighted by Gasteiger charge is -2.28. The number of carbonyl (C=O) groups excluding carboxylic acids is 1. The van der Waals surface area contributed by atoms with E-state index in [1.807, 2.05) is 0 Å². The first-order chi connectivity index (χ1) is 7.55. The maximum absolute atomic E-state index is 11.1. The first-order valence-corrected chi connectivity index (χ1v) is 5.78. The summed E-state index contributed by atoms with van der Waals surface area (Å²) >= 11 is 0. The van der Waals surface area contributed by atoms with E-state index in [9.17, 15) is 4.79 Å². The molecule has 0 aliphatic rings. The molecule has 0 fully saturated rings. The molecule has 0 N–H and O–H groups in total. The highest BCUT2D eigenvalue weighted by molar-refractivity contribution is 6.09. The highest BCUT2D eigenvalue weighted by Crippen LogP contribution is 2.21. The van der Waals surface area contributed by atoms with Crippen LogP contribution < -0.4 is 0 Å². The molecule has 0 rings (SSSR count). The van der Waals surface area contributed by atoms with Crippen molar-refractivity contribution in [2.45, 2.75) is 25.2 Å². The van der Waals surface area contributed by atoms with E-state index in [4.69, 9.17) is 14.2 Å². The van der Waals surface area contributed by atoms with Crippen molar-refractivity contribution in [2.24, 2.45) is 0 Å². The fraction of sp³-hybridized carbons (Fsp3) is 0.700. The Kier molecular flexibility index (Phi) is 7.23. The summed E-state index contributed by atoms with van der Waals surface area (Å²) in [6.07, 6.45) is 1.73. The van der Waals surface area contributed by atoms with E-state index in [2.05, 4.69) is 11.0 Å². The molecule has 0 aromatic heterocycles. The van der Waals surface area contributed by atoms with Gasteiger partial charge in [0.15, 0.2) is 0 Å². The third kappa shape index (κ3) is 4.44. The van der Waals surface area contributed by atoms with Gasteiger partial charge in [0.25, 0.3) is 5.97 Å². The van der Waals surface area contributed by atoms with Gasteiger partial charge in [-0.05, 0) is 12.8 Å². The molecule has 0 atom stereocenters. The Labute approximate surface area is 99.2 Å². The summed E-state index contributed by atoms with van der Waals surface area (Å²) in [5, 5.41) is 0. The largest absolute Gasteiger partial charge is 0.526 e. The standard InChI is InChI=1S/C10H20O5Si/c1-8(9(11)15-16)6-5-7-10(12-2,13-3)14-4/h1,5-7H2,2-4,16H3. The molecule has 16 heavy (non-hydrogen) atoms. The highest BCUT2D eigenvalue weighted by atomic mass is 28.2. The lowest BCUT2D eigenvalue weighted by molar-refractivity contribution is -0.355. The smallest absolute Gasteiger partial charge is 0.319 e. The summed E-state index contributed by atoms with van der Waals surface area (Å²) in [5.74, 6) is -1.37. The number of carbonyl (C=O) groups is 1. The highest BCUT2D eigenvalue weighted by Gasteiger charge is 2.28. The molecule has 5 nitrogen and oxygen atoms in total. The maximum Gasteiger partial charge on any atom is 0.319 e. The van der Waals surface area contributed by atoms with Crippen molar-refractivity contribution >= 4 is 16.5 Å². The molecule has 0 aromatic rings. The molecule has 94 valence electrons. The second kappa shape index (κ2) is 7.56. The predicted molar refractivity (Wildman–Crippen MR) is 62.8 cm³/mol. The Morgan fingerprint density at radius 2 is 1.75 bits per heavy atom. The Balaban J connectivity index is 4.05. The molecule has 0 saturated carbocycles. The minimum Gasteiger partial charge on any atom is -0.526 e. The van der Waals surface area contributed by atoms with Crippen molar-refractivity contribution in [1.29, 1.82) is 0 Å². The number of methoxy groups -OCH3 is 3. The van der Waals surface area contributed by atoms with Crippen molar-refractivity contribution in [1.82, 2.24) is 0 Å². The topological polar surface area (TPSA) is 54.0 Å². The van der Waals surface area contributed by atoms with Crippen molar-refractivity contribution in [3.05, 3.63) is 12.2 Å². The minimum absolute atomic E-state index is 0.329. The fourth-order valence-corrected chi connectivity index (χ4v) is 1.61. The molecule has 0 saturated heterocycles. The van der Waals surface area contributed by atoms with Crippen LogP contribution in [0.25, 0.3) is 0 Å². The lowest BCUT2D eigenvalue weighted by Crippen LogP contribution is -2.35. The zero-order valence-corrected chi connectivity index (χ0v) is 12.4. The molecule has 0 radical (unpaired) electrons. The van der Waals surface area contributed by atoms with Gasteiger partial charge in [-0.2, -0.15) is 0 Å². The van der Waals surface area contributed by atoms with Crippen LogP contribution in [-0.4, -0.2) is 43.8 Å². The van der Waals surface area contributed by atoms with E-state index < -0.39 is 5.97 Å². The molecular weight excluding hydrogens is 228 g/mol. The third-order valence-corrected chi connectivity index (χ3v) is 2.74. The first-order valence-electron chi connectivity index (χ1n) is 4.96. The van der Waals surface area contributed by atoms with E-state index in [1.54, 1.807) is 0 Å². The normalized spacial score (nSPS) is 11.4. The van der Waals surface area contributed by atoms with Crippen molar-refractivity contribution in [3.63, 3.8) is 0 Å². The molecule has 0 aromatic carbocycles. The average Bonchev–Trinajstić information content (AvgIpc) is 2.34. The summed E-state index contributed by atoms with van der Waals surface area (Å²) in [7, 11) is 4.91. The Bertz CT molecular complexity index is 229. The van der Waals surface area contributed by atoms with Crippen LogP contribution in [0.4, 0.5) is 0 Å². The molecule has 0 aliphatic carbocycles. The quantitative estimate of drug-likeness (QED) is 0.347. The molecule has 6 heteroatoms. The summed E-state index contributed by atoms with van der Waals surface area (Å²) < 4.78 is 20.0. The molecule has 0 amide bonds. The van der Waals surface area contributed by atoms with Gasteiger partial charge in [0.1, 0.15) is 0 Å². The second-order valence-corrected chi connectivity index (χ2v) is 3.65. The van der Waals surface area contributed by atoms with Gasteiger partial charge >= 0.3 is 5.97 Å². The van der Waals surface area contributed by atoms with Gasteiger partial charge in [-0.1, -0.05) is 6.58 Å². The number of hydrogen-bond donors (Lipinski definition) is 0. The Morgan fingerprint density at radius 1 is 1.25 bits per heavy atom. The van der Waals surface area contributed by atoms with Crippen molar-refractivity contribution < 1.29 is 23.4 Å². The summed E-state index contributed by atoms with van der Waals surface area (Å²) in [6.45, 7) is 3.65. The van der Waals surface area contributed by atoms with Gasteiger partial charge in [-0.25, -0.2) is 4.79 Å². The maximum atomic E-state index is 11.1. The minimum atomic E-state index is -1.04. The van der Waals surface area contributed by atoms with Gasteiger partial charge in [0.2, 0.25) is 10.5 Å². The molecule has 0 unspecified atom stereocenters. The van der Waals surface area contributed by atoms with Crippen LogP contribution in [0, 0.1) is 0 Å². The molecule has 0 heterocycles. The van der Waals surface area contributed by atoms with Crippen LogP contribution >= 0.6 is 0 Å². The second-order valence-electron chi connectivity index (χ2n) is 3.24. The Morgan fingerprint density at radius 3 is 2.12 bits per heavy atom. The van der Waals surface area contributed by atoms with E-state index >= 15 is 0 Å². The van der Waals surface area contributed by atoms with E-state index in [0.717, 1.165) is 0 Å². The Hall–Kier alpha value is -0.693. The van der Waals surface area contributed by atoms with Crippen molar-refractivity contribution in [2.75, 3.05) is 21.3 Å². The van der Waals surface area contributed by atoms with Crippen LogP contribution in [0.15, 0.2) is 12.2 Å². The van der Waals surface area contributed by atoms with Gasteiger partial charge in [-0.15, -0.1) is 0 Å². The van der Waals surface area contributed by atoms with Gasteiger partial charge in [-0.3, -0.25) is 0 Å². The van der Waals surface area contributed by atoms with Crippen LogP contribution in [0.3, 0.4) is 0 Å². The number of ether oxygens (including phenoxy) is 3. The lowest BCUT2D eigenvalue weighted by atomic mass is 10.1. The van der Waals surface area contributed by atoms with Crippen LogP contribution in [-0.2, 0) is 23.4 Å². The number of hydrogen-bond acceptors (Lipinski definition) is 5. The molecule has 0 aliphatic heterocycles. The molecular formula is C10H20O5Si. The third-order valence-electron chi connectivity index (χ3n) is 2.37. The van der Waals surface area contributed by atoms with Crippen LogP contribution in [0.5, 0.6) is 0 Å². The van der Waals surface area contributed by atoms with E-state index in [1.165, 1.54) is 21.3 Å². The predicted octanol–water partition coefficient (Wildman–Crippen LogP) is 0.129. The van der Waals surface area contributed by atoms with Gasteiger partial charge in [0, 0.05) is 33.3 Å². The van der Waals surface area contributed by atoms with Gasteiger partial charge < -0.3 is 18.6 Å².